The lowest BCUT2D eigenvalue weighted by molar-refractivity contribution is -0.143. The van der Waals surface area contributed by atoms with Gasteiger partial charge in [0.15, 0.2) is 0 Å². The Labute approximate surface area is 167 Å². The van der Waals surface area contributed by atoms with Gasteiger partial charge in [0.05, 0.1) is 23.6 Å². The van der Waals surface area contributed by atoms with E-state index in [1.54, 1.807) is 30.3 Å². The van der Waals surface area contributed by atoms with Crippen LogP contribution in [0.15, 0.2) is 48.5 Å². The number of ether oxygens (including phenoxy) is 1. The molecule has 4 nitrogen and oxygen atoms in total. The highest BCUT2D eigenvalue weighted by Crippen LogP contribution is 2.36. The van der Waals surface area contributed by atoms with Crippen LogP contribution in [-0.4, -0.2) is 29.5 Å². The molecule has 2 amide bonds. The highest BCUT2D eigenvalue weighted by atomic mass is 19.4. The fourth-order valence-electron chi connectivity index (χ4n) is 3.18. The molecule has 0 unspecified atom stereocenters. The third kappa shape index (κ3) is 4.92. The van der Waals surface area contributed by atoms with E-state index in [2.05, 4.69) is 0 Å². The van der Waals surface area contributed by atoms with Crippen LogP contribution in [0.3, 0.4) is 0 Å². The number of rotatable bonds is 4. The summed E-state index contributed by atoms with van der Waals surface area (Å²) in [6.45, 7) is -0.115. The van der Waals surface area contributed by atoms with E-state index in [1.807, 2.05) is 0 Å². The highest BCUT2D eigenvalue weighted by molar-refractivity contribution is 5.94. The number of imide groups is 1. The van der Waals surface area contributed by atoms with Gasteiger partial charge in [0, 0.05) is 0 Å². The van der Waals surface area contributed by atoms with E-state index in [-0.39, 0.29) is 19.1 Å². The van der Waals surface area contributed by atoms with Gasteiger partial charge in [-0.15, -0.1) is 0 Å². The number of alkyl halides is 6. The molecular weight excluding hydrogens is 416 g/mol. The average Bonchev–Trinajstić information content (AvgIpc) is 3.01. The molecule has 0 N–H and O–H groups in total. The van der Waals surface area contributed by atoms with Crippen LogP contribution in [0.25, 0.3) is 0 Å². The predicted octanol–water partition coefficient (Wildman–Crippen LogP) is 4.86. The molecule has 0 bridgehead atoms. The van der Waals surface area contributed by atoms with Crippen LogP contribution in [-0.2, 0) is 34.7 Å². The minimum atomic E-state index is -5.03. The number of halogens is 6. The Morgan fingerprint density at radius 2 is 1.50 bits per heavy atom. The topological polar surface area (TPSA) is 46.6 Å². The van der Waals surface area contributed by atoms with Gasteiger partial charge in [-0.05, 0) is 35.7 Å². The van der Waals surface area contributed by atoms with E-state index in [1.165, 1.54) is 0 Å². The summed E-state index contributed by atoms with van der Waals surface area (Å²) in [5, 5.41) is 0. The summed E-state index contributed by atoms with van der Waals surface area (Å²) in [5.74, 6) is -0.939. The van der Waals surface area contributed by atoms with Crippen molar-refractivity contribution >= 4 is 12.0 Å². The SMILES string of the molecule is O=C(Cc1cc(C(F)(F)F)cc(C(F)(F)F)c1)N1C(=O)OC[C@@H]1Cc1ccccc1. The largest absolute Gasteiger partial charge is 0.447 e. The number of hydrogen-bond donors (Lipinski definition) is 0. The molecule has 0 aliphatic carbocycles. The smallest absolute Gasteiger partial charge is 0.416 e. The van der Waals surface area contributed by atoms with Crippen LogP contribution in [0.1, 0.15) is 22.3 Å². The molecule has 1 aliphatic heterocycles. The standard InChI is InChI=1S/C20H15F6NO3/c21-19(22,23)14-6-13(7-15(10-14)20(24,25)26)9-17(28)27-16(11-30-18(27)29)8-12-4-2-1-3-5-12/h1-7,10,16H,8-9,11H2/t16-/m0/s1. The molecule has 30 heavy (non-hydrogen) atoms. The first-order valence-corrected chi connectivity index (χ1v) is 8.76. The Morgan fingerprint density at radius 1 is 0.933 bits per heavy atom. The van der Waals surface area contributed by atoms with Crippen molar-refractivity contribution in [2.75, 3.05) is 6.61 Å². The van der Waals surface area contributed by atoms with Gasteiger partial charge in [0.2, 0.25) is 5.91 Å². The molecule has 0 aromatic heterocycles. The van der Waals surface area contributed by atoms with Crippen molar-refractivity contribution in [3.05, 3.63) is 70.8 Å². The Kier molecular flexibility index (Phi) is 5.78. The highest BCUT2D eigenvalue weighted by Gasteiger charge is 2.40. The van der Waals surface area contributed by atoms with Crippen LogP contribution in [0.4, 0.5) is 31.1 Å². The first-order chi connectivity index (χ1) is 13.9. The summed E-state index contributed by atoms with van der Waals surface area (Å²) >= 11 is 0. The van der Waals surface area contributed by atoms with Gasteiger partial charge in [-0.3, -0.25) is 4.79 Å². The molecule has 10 heteroatoms. The van der Waals surface area contributed by atoms with E-state index in [4.69, 9.17) is 4.74 Å². The molecule has 1 aliphatic rings. The molecule has 0 saturated carbocycles. The van der Waals surface area contributed by atoms with Crippen molar-refractivity contribution in [3.63, 3.8) is 0 Å². The average molecular weight is 431 g/mol. The van der Waals surface area contributed by atoms with E-state index < -0.39 is 53.5 Å². The number of cyclic esters (lactones) is 1. The fraction of sp³-hybridized carbons (Fsp3) is 0.300. The van der Waals surface area contributed by atoms with Gasteiger partial charge >= 0.3 is 18.4 Å². The lowest BCUT2D eigenvalue weighted by Gasteiger charge is -2.20. The van der Waals surface area contributed by atoms with Crippen LogP contribution < -0.4 is 0 Å². The monoisotopic (exact) mass is 431 g/mol. The minimum absolute atomic E-state index is 0.0176. The van der Waals surface area contributed by atoms with E-state index in [9.17, 15) is 35.9 Å². The molecule has 1 atom stereocenters. The van der Waals surface area contributed by atoms with Gasteiger partial charge in [-0.1, -0.05) is 30.3 Å². The molecule has 2 aromatic rings. The summed E-state index contributed by atoms with van der Waals surface area (Å²) in [7, 11) is 0. The molecule has 2 aromatic carbocycles. The van der Waals surface area contributed by atoms with E-state index in [0.29, 0.717) is 12.1 Å². The number of carbonyl (C=O) groups is 2. The Balaban J connectivity index is 1.85. The zero-order valence-corrected chi connectivity index (χ0v) is 15.3. The summed E-state index contributed by atoms with van der Waals surface area (Å²) < 4.78 is 82.9. The molecule has 1 saturated heterocycles. The summed E-state index contributed by atoms with van der Waals surface area (Å²) in [4.78, 5) is 25.3. The molecule has 0 radical (unpaired) electrons. The van der Waals surface area contributed by atoms with Gasteiger partial charge < -0.3 is 4.74 Å². The molecule has 1 fully saturated rings. The molecule has 3 rings (SSSR count). The second-order valence-corrected chi connectivity index (χ2v) is 6.78. The van der Waals surface area contributed by atoms with Gasteiger partial charge in [-0.2, -0.15) is 26.3 Å². The number of hydrogen-bond acceptors (Lipinski definition) is 3. The number of carbonyl (C=O) groups excluding carboxylic acids is 2. The molecule has 0 spiro atoms. The summed E-state index contributed by atoms with van der Waals surface area (Å²) in [6.07, 6.45) is -11.6. The predicted molar refractivity (Wildman–Crippen MR) is 92.3 cm³/mol. The summed E-state index contributed by atoms with van der Waals surface area (Å²) in [5.41, 5.74) is -2.76. The van der Waals surface area contributed by atoms with Gasteiger partial charge in [0.25, 0.3) is 0 Å². The maximum Gasteiger partial charge on any atom is 0.416 e. The van der Waals surface area contributed by atoms with Crippen molar-refractivity contribution in [2.45, 2.75) is 31.2 Å². The van der Waals surface area contributed by atoms with Crippen molar-refractivity contribution in [2.24, 2.45) is 0 Å². The van der Waals surface area contributed by atoms with Crippen molar-refractivity contribution in [1.82, 2.24) is 4.90 Å². The first kappa shape index (κ1) is 21.7. The van der Waals surface area contributed by atoms with Crippen LogP contribution in [0, 0.1) is 0 Å². The van der Waals surface area contributed by atoms with Crippen LogP contribution in [0.5, 0.6) is 0 Å². The molecular formula is C20H15F6NO3. The Morgan fingerprint density at radius 3 is 2.03 bits per heavy atom. The number of nitrogens with zero attached hydrogens (tertiary/aromatic N) is 1. The normalized spacial score (nSPS) is 17.2. The zero-order chi connectivity index (χ0) is 22.1. The van der Waals surface area contributed by atoms with E-state index in [0.717, 1.165) is 10.5 Å². The third-order valence-corrected chi connectivity index (χ3v) is 4.55. The third-order valence-electron chi connectivity index (χ3n) is 4.55. The van der Waals surface area contributed by atoms with Crippen molar-refractivity contribution in [3.8, 4) is 0 Å². The van der Waals surface area contributed by atoms with E-state index >= 15 is 0 Å². The van der Waals surface area contributed by atoms with Crippen LogP contribution >= 0.6 is 0 Å². The van der Waals surface area contributed by atoms with Gasteiger partial charge in [-0.25, -0.2) is 9.69 Å². The van der Waals surface area contributed by atoms with Crippen molar-refractivity contribution < 1.29 is 40.7 Å². The lowest BCUT2D eigenvalue weighted by atomic mass is 10.0. The maximum absolute atomic E-state index is 13.0. The fourth-order valence-corrected chi connectivity index (χ4v) is 3.18. The van der Waals surface area contributed by atoms with Crippen LogP contribution in [0.2, 0.25) is 0 Å². The first-order valence-electron chi connectivity index (χ1n) is 8.76. The second-order valence-electron chi connectivity index (χ2n) is 6.78. The molecule has 1 heterocycles. The quantitative estimate of drug-likeness (QED) is 0.650. The second kappa shape index (κ2) is 8.00. The minimum Gasteiger partial charge on any atom is -0.447 e. The maximum atomic E-state index is 13.0. The zero-order valence-electron chi connectivity index (χ0n) is 15.3. The number of benzene rings is 2. The molecule has 160 valence electrons. The van der Waals surface area contributed by atoms with Crippen molar-refractivity contribution in [1.29, 1.82) is 0 Å². The Hall–Kier alpha value is -3.04. The lowest BCUT2D eigenvalue weighted by Crippen LogP contribution is -2.41. The summed E-state index contributed by atoms with van der Waals surface area (Å²) in [6, 6.07) is 9.01. The van der Waals surface area contributed by atoms with Gasteiger partial charge in [0.1, 0.15) is 6.61 Å². The Bertz CT molecular complexity index is 908. The number of amides is 2.